The topological polar surface area (TPSA) is 71.1 Å². The zero-order chi connectivity index (χ0) is 32.3. The maximum Gasteiger partial charge on any atom is 0.349 e. The first-order valence-electron chi connectivity index (χ1n) is 15.2. The maximum absolute atomic E-state index is 12.6. The Morgan fingerprint density at radius 1 is 0.362 bits per heavy atom. The summed E-state index contributed by atoms with van der Waals surface area (Å²) in [5, 5.41) is 0. The average molecular weight is 621 g/mol. The summed E-state index contributed by atoms with van der Waals surface area (Å²) in [6.07, 6.45) is 0. The van der Waals surface area contributed by atoms with Gasteiger partial charge in [0.1, 0.15) is 23.0 Å². The number of ether oxygens (including phenoxy) is 4. The van der Waals surface area contributed by atoms with Gasteiger partial charge in [-0.25, -0.2) is 9.59 Å². The molecule has 47 heavy (non-hydrogen) atoms. The van der Waals surface area contributed by atoms with E-state index >= 15 is 0 Å². The molecule has 0 N–H and O–H groups in total. The predicted octanol–water partition coefficient (Wildman–Crippen LogP) is 8.04. The first kappa shape index (κ1) is 30.9. The van der Waals surface area contributed by atoms with Crippen LogP contribution < -0.4 is 18.9 Å². The fraction of sp³-hybridized carbons (Fsp3) is 0.0732. The Morgan fingerprint density at radius 2 is 0.660 bits per heavy atom. The van der Waals surface area contributed by atoms with Crippen LogP contribution in [0.3, 0.4) is 0 Å². The smallest absolute Gasteiger partial charge is 0.349 e. The van der Waals surface area contributed by atoms with Crippen molar-refractivity contribution in [2.45, 2.75) is 5.41 Å². The summed E-state index contributed by atoms with van der Waals surface area (Å²) in [6.45, 7) is -0.419. The number of hydrogen-bond donors (Lipinski definition) is 0. The second kappa shape index (κ2) is 14.8. The summed E-state index contributed by atoms with van der Waals surface area (Å²) in [5.41, 5.74) is 3.23. The van der Waals surface area contributed by atoms with Gasteiger partial charge >= 0.3 is 11.9 Å². The summed E-state index contributed by atoms with van der Waals surface area (Å²) < 4.78 is 22.3. The third-order valence-electron chi connectivity index (χ3n) is 7.65. The Balaban J connectivity index is 1.28. The molecule has 232 valence electrons. The van der Waals surface area contributed by atoms with Crippen LogP contribution in [0.1, 0.15) is 22.3 Å². The van der Waals surface area contributed by atoms with E-state index in [0.29, 0.717) is 23.0 Å². The van der Waals surface area contributed by atoms with Crippen molar-refractivity contribution in [2.24, 2.45) is 0 Å². The highest BCUT2D eigenvalue weighted by molar-refractivity contribution is 5.75. The van der Waals surface area contributed by atoms with Crippen LogP contribution >= 0.6 is 0 Å². The third kappa shape index (κ3) is 7.40. The van der Waals surface area contributed by atoms with Crippen LogP contribution in [0.25, 0.3) is 0 Å². The lowest BCUT2D eigenvalue weighted by Gasteiger charge is -2.37. The number of carbonyl (C=O) groups excluding carboxylic acids is 2. The van der Waals surface area contributed by atoms with Crippen molar-refractivity contribution in [1.82, 2.24) is 0 Å². The van der Waals surface area contributed by atoms with Gasteiger partial charge in [-0.15, -0.1) is 0 Å². The van der Waals surface area contributed by atoms with Crippen molar-refractivity contribution < 1.29 is 28.5 Å². The van der Waals surface area contributed by atoms with Crippen LogP contribution in [-0.4, -0.2) is 25.2 Å². The fourth-order valence-corrected chi connectivity index (χ4v) is 5.56. The minimum Gasteiger partial charge on any atom is -0.482 e. The summed E-state index contributed by atoms with van der Waals surface area (Å²) in [7, 11) is 0. The van der Waals surface area contributed by atoms with E-state index in [1.165, 1.54) is 0 Å². The van der Waals surface area contributed by atoms with Crippen LogP contribution in [0.15, 0.2) is 170 Å². The van der Waals surface area contributed by atoms with Crippen LogP contribution in [0.2, 0.25) is 0 Å². The molecule has 0 amide bonds. The third-order valence-corrected chi connectivity index (χ3v) is 7.65. The average Bonchev–Trinajstić information content (AvgIpc) is 3.13. The molecule has 6 aromatic rings. The van der Waals surface area contributed by atoms with Crippen LogP contribution in [0.5, 0.6) is 23.0 Å². The first-order valence-corrected chi connectivity index (χ1v) is 15.2. The summed E-state index contributed by atoms with van der Waals surface area (Å²) in [6, 6.07) is 53.7. The van der Waals surface area contributed by atoms with Crippen molar-refractivity contribution >= 4 is 11.9 Å². The molecule has 6 rings (SSSR count). The van der Waals surface area contributed by atoms with Gasteiger partial charge in [-0.2, -0.15) is 0 Å². The lowest BCUT2D eigenvalue weighted by molar-refractivity contribution is -0.137. The zero-order valence-corrected chi connectivity index (χ0v) is 25.5. The van der Waals surface area contributed by atoms with Gasteiger partial charge in [0.15, 0.2) is 13.2 Å². The number of hydrogen-bond acceptors (Lipinski definition) is 6. The van der Waals surface area contributed by atoms with Crippen molar-refractivity contribution in [2.75, 3.05) is 13.2 Å². The van der Waals surface area contributed by atoms with Gasteiger partial charge in [0.25, 0.3) is 0 Å². The Hall–Kier alpha value is -6.14. The van der Waals surface area contributed by atoms with Crippen molar-refractivity contribution in [3.8, 4) is 23.0 Å². The number of esters is 2. The van der Waals surface area contributed by atoms with Crippen LogP contribution in [0.4, 0.5) is 0 Å². The maximum atomic E-state index is 12.6. The minimum absolute atomic E-state index is 0.209. The summed E-state index contributed by atoms with van der Waals surface area (Å²) in [5.74, 6) is 1.00. The highest BCUT2D eigenvalue weighted by Gasteiger charge is 2.38. The van der Waals surface area contributed by atoms with E-state index in [1.54, 1.807) is 48.5 Å². The van der Waals surface area contributed by atoms with E-state index < -0.39 is 17.4 Å². The summed E-state index contributed by atoms with van der Waals surface area (Å²) in [4.78, 5) is 25.1. The largest absolute Gasteiger partial charge is 0.482 e. The molecule has 0 atom stereocenters. The normalized spacial score (nSPS) is 10.9. The quantitative estimate of drug-likeness (QED) is 0.0784. The molecule has 0 aliphatic carbocycles. The molecule has 0 heterocycles. The van der Waals surface area contributed by atoms with Crippen molar-refractivity contribution in [1.29, 1.82) is 0 Å². The van der Waals surface area contributed by atoms with Gasteiger partial charge in [-0.3, -0.25) is 0 Å². The molecule has 0 bridgehead atoms. The Kier molecular flexibility index (Phi) is 9.69. The molecule has 0 aliphatic heterocycles. The molecule has 0 unspecified atom stereocenters. The van der Waals surface area contributed by atoms with E-state index in [-0.39, 0.29) is 13.2 Å². The highest BCUT2D eigenvalue weighted by atomic mass is 16.6. The fourth-order valence-electron chi connectivity index (χ4n) is 5.56. The molecule has 0 fully saturated rings. The van der Waals surface area contributed by atoms with E-state index in [2.05, 4.69) is 24.3 Å². The second-order valence-electron chi connectivity index (χ2n) is 10.7. The van der Waals surface area contributed by atoms with E-state index in [1.807, 2.05) is 97.1 Å². The van der Waals surface area contributed by atoms with E-state index in [4.69, 9.17) is 18.9 Å². The minimum atomic E-state index is -0.750. The number of para-hydroxylation sites is 2. The highest BCUT2D eigenvalue weighted by Crippen LogP contribution is 2.45. The number of benzene rings is 6. The van der Waals surface area contributed by atoms with Gasteiger partial charge in [0.2, 0.25) is 0 Å². The van der Waals surface area contributed by atoms with Gasteiger partial charge in [0.05, 0.1) is 5.41 Å². The molecule has 0 saturated carbocycles. The molecule has 0 radical (unpaired) electrons. The van der Waals surface area contributed by atoms with Gasteiger partial charge < -0.3 is 18.9 Å². The standard InChI is InChI=1S/C41H32O6/c42-39(29-44-35-17-9-3-10-18-35)46-37-25-21-33(22-26-37)41(31-13-5-1-6-14-31,32-15-7-2-8-16-32)34-23-27-38(28-24-34)47-40(43)30-45-36-19-11-4-12-20-36/h1-28H,29-30H2. The second-order valence-corrected chi connectivity index (χ2v) is 10.7. The lowest BCUT2D eigenvalue weighted by Crippen LogP contribution is -2.31. The molecule has 6 nitrogen and oxygen atoms in total. The predicted molar refractivity (Wildman–Crippen MR) is 180 cm³/mol. The Labute approximate surface area is 273 Å². The lowest BCUT2D eigenvalue weighted by atomic mass is 9.65. The summed E-state index contributed by atoms with van der Waals surface area (Å²) >= 11 is 0. The van der Waals surface area contributed by atoms with Crippen molar-refractivity contribution in [3.63, 3.8) is 0 Å². The van der Waals surface area contributed by atoms with Gasteiger partial charge in [-0.05, 0) is 70.8 Å². The number of rotatable bonds is 12. The molecular formula is C41H32O6. The van der Waals surface area contributed by atoms with Crippen molar-refractivity contribution in [3.05, 3.63) is 192 Å². The van der Waals surface area contributed by atoms with E-state index in [9.17, 15) is 9.59 Å². The first-order chi connectivity index (χ1) is 23.1. The molecule has 6 aromatic carbocycles. The van der Waals surface area contributed by atoms with Crippen LogP contribution in [0, 0.1) is 0 Å². The molecule has 0 spiro atoms. The molecule has 0 aliphatic rings. The molecule has 0 saturated heterocycles. The molecule has 6 heteroatoms. The molecule has 0 aromatic heterocycles. The number of carbonyl (C=O) groups is 2. The van der Waals surface area contributed by atoms with Gasteiger partial charge in [-0.1, -0.05) is 121 Å². The van der Waals surface area contributed by atoms with E-state index in [0.717, 1.165) is 22.3 Å². The Bertz CT molecular complexity index is 1730. The van der Waals surface area contributed by atoms with Crippen LogP contribution in [-0.2, 0) is 15.0 Å². The zero-order valence-electron chi connectivity index (χ0n) is 25.5. The van der Waals surface area contributed by atoms with Gasteiger partial charge in [0, 0.05) is 0 Å². The monoisotopic (exact) mass is 620 g/mol. The SMILES string of the molecule is O=C(COc1ccccc1)Oc1ccc(C(c2ccccc2)(c2ccccc2)c2ccc(OC(=O)COc3ccccc3)cc2)cc1. The molecular weight excluding hydrogens is 588 g/mol. The Morgan fingerprint density at radius 3 is 1.00 bits per heavy atom.